The van der Waals surface area contributed by atoms with Crippen LogP contribution in [-0.4, -0.2) is 39.1 Å². The number of carbonyl (C=O) groups excluding carboxylic acids is 1. The molecule has 0 aliphatic carbocycles. The van der Waals surface area contributed by atoms with Gasteiger partial charge in [-0.1, -0.05) is 19.8 Å². The van der Waals surface area contributed by atoms with E-state index in [-0.39, 0.29) is 5.91 Å². The third-order valence-corrected chi connectivity index (χ3v) is 2.58. The number of nitrogens with zero attached hydrogens (tertiary/aromatic N) is 3. The molecule has 0 spiro atoms. The van der Waals surface area contributed by atoms with Crippen LogP contribution in [0, 0.1) is 6.92 Å². The minimum Gasteiger partial charge on any atom is -0.337 e. The first-order valence-corrected chi connectivity index (χ1v) is 5.93. The maximum Gasteiger partial charge on any atom is 0.239 e. The number of aryl methyl sites for hydroxylation is 1. The first-order valence-electron chi connectivity index (χ1n) is 5.93. The minimum absolute atomic E-state index is 0.0547. The van der Waals surface area contributed by atoms with Crippen molar-refractivity contribution in [2.75, 3.05) is 7.05 Å². The van der Waals surface area contributed by atoms with Crippen LogP contribution in [0.25, 0.3) is 0 Å². The zero-order valence-corrected chi connectivity index (χ0v) is 10.7. The standard InChI is InChI=1S/C11H21N5O/c1-4-5-6-9(12)11(17)16(3)7-10-13-8(2)14-15-10/h9H,4-7,12H2,1-3H3,(H,13,14,15)/t9-/m0/s1. The highest BCUT2D eigenvalue weighted by Crippen LogP contribution is 2.04. The zero-order valence-electron chi connectivity index (χ0n) is 10.7. The van der Waals surface area contributed by atoms with Crippen molar-refractivity contribution in [3.63, 3.8) is 0 Å². The first kappa shape index (κ1) is 13.6. The highest BCUT2D eigenvalue weighted by molar-refractivity contribution is 5.81. The summed E-state index contributed by atoms with van der Waals surface area (Å²) in [5.41, 5.74) is 5.82. The lowest BCUT2D eigenvalue weighted by molar-refractivity contribution is -0.132. The summed E-state index contributed by atoms with van der Waals surface area (Å²) >= 11 is 0. The molecule has 0 aromatic carbocycles. The number of aromatic nitrogens is 3. The smallest absolute Gasteiger partial charge is 0.239 e. The highest BCUT2D eigenvalue weighted by Gasteiger charge is 2.18. The van der Waals surface area contributed by atoms with Gasteiger partial charge in [-0.15, -0.1) is 0 Å². The van der Waals surface area contributed by atoms with E-state index in [1.54, 1.807) is 11.9 Å². The summed E-state index contributed by atoms with van der Waals surface area (Å²) in [7, 11) is 1.72. The Morgan fingerprint density at radius 1 is 1.59 bits per heavy atom. The van der Waals surface area contributed by atoms with Crippen LogP contribution >= 0.6 is 0 Å². The van der Waals surface area contributed by atoms with Crippen LogP contribution in [0.15, 0.2) is 0 Å². The van der Waals surface area contributed by atoms with Gasteiger partial charge in [-0.05, 0) is 13.3 Å². The monoisotopic (exact) mass is 239 g/mol. The molecule has 1 aromatic rings. The molecular formula is C11H21N5O. The molecule has 0 aliphatic rings. The molecule has 1 heterocycles. The van der Waals surface area contributed by atoms with Crippen molar-refractivity contribution in [1.29, 1.82) is 0 Å². The third kappa shape index (κ3) is 4.14. The van der Waals surface area contributed by atoms with Crippen LogP contribution in [-0.2, 0) is 11.3 Å². The van der Waals surface area contributed by atoms with E-state index in [4.69, 9.17) is 5.73 Å². The number of hydrogen-bond donors (Lipinski definition) is 2. The minimum atomic E-state index is -0.417. The Bertz CT molecular complexity index is 362. The fraction of sp³-hybridized carbons (Fsp3) is 0.727. The number of amides is 1. The predicted octanol–water partition coefficient (Wildman–Crippen LogP) is 0.589. The van der Waals surface area contributed by atoms with Crippen LogP contribution in [0.5, 0.6) is 0 Å². The van der Waals surface area contributed by atoms with Gasteiger partial charge in [0, 0.05) is 7.05 Å². The van der Waals surface area contributed by atoms with Gasteiger partial charge in [-0.2, -0.15) is 5.10 Å². The normalized spacial score (nSPS) is 12.5. The van der Waals surface area contributed by atoms with Gasteiger partial charge in [0.2, 0.25) is 5.91 Å². The third-order valence-electron chi connectivity index (χ3n) is 2.58. The fourth-order valence-electron chi connectivity index (χ4n) is 1.58. The van der Waals surface area contributed by atoms with Gasteiger partial charge in [0.25, 0.3) is 0 Å². The molecule has 96 valence electrons. The van der Waals surface area contributed by atoms with Crippen molar-refractivity contribution in [2.45, 2.75) is 45.7 Å². The lowest BCUT2D eigenvalue weighted by Gasteiger charge is -2.19. The quantitative estimate of drug-likeness (QED) is 0.760. The summed E-state index contributed by atoms with van der Waals surface area (Å²) in [6.45, 7) is 4.30. The summed E-state index contributed by atoms with van der Waals surface area (Å²) in [4.78, 5) is 17.6. The largest absolute Gasteiger partial charge is 0.337 e. The van der Waals surface area contributed by atoms with Crippen molar-refractivity contribution in [1.82, 2.24) is 20.1 Å². The number of H-pyrrole nitrogens is 1. The lowest BCUT2D eigenvalue weighted by atomic mass is 10.1. The Balaban J connectivity index is 2.46. The maximum absolute atomic E-state index is 11.9. The van der Waals surface area contributed by atoms with Crippen LogP contribution in [0.4, 0.5) is 0 Å². The second-order valence-corrected chi connectivity index (χ2v) is 4.28. The average molecular weight is 239 g/mol. The summed E-state index contributed by atoms with van der Waals surface area (Å²) in [5, 5.41) is 6.73. The van der Waals surface area contributed by atoms with E-state index in [0.29, 0.717) is 12.4 Å². The molecule has 0 unspecified atom stereocenters. The van der Waals surface area contributed by atoms with E-state index < -0.39 is 6.04 Å². The Kier molecular flexibility index (Phi) is 5.09. The van der Waals surface area contributed by atoms with E-state index in [2.05, 4.69) is 22.1 Å². The van der Waals surface area contributed by atoms with Gasteiger partial charge in [-0.3, -0.25) is 9.89 Å². The molecule has 0 fully saturated rings. The van der Waals surface area contributed by atoms with Gasteiger partial charge in [-0.25, -0.2) is 4.98 Å². The number of rotatable bonds is 6. The van der Waals surface area contributed by atoms with Crippen LogP contribution in [0.1, 0.15) is 37.8 Å². The number of nitrogens with two attached hydrogens (primary N) is 1. The Morgan fingerprint density at radius 3 is 2.82 bits per heavy atom. The molecule has 0 aliphatic heterocycles. The summed E-state index contributed by atoms with van der Waals surface area (Å²) < 4.78 is 0. The van der Waals surface area contributed by atoms with Gasteiger partial charge in [0.1, 0.15) is 5.82 Å². The van der Waals surface area contributed by atoms with Crippen LogP contribution in [0.3, 0.4) is 0 Å². The van der Waals surface area contributed by atoms with E-state index in [9.17, 15) is 4.79 Å². The average Bonchev–Trinajstić information content (AvgIpc) is 2.70. The molecule has 1 atom stereocenters. The fourth-order valence-corrected chi connectivity index (χ4v) is 1.58. The van der Waals surface area contributed by atoms with E-state index in [1.807, 2.05) is 6.92 Å². The van der Waals surface area contributed by atoms with Crippen molar-refractivity contribution >= 4 is 5.91 Å². The Morgan fingerprint density at radius 2 is 2.29 bits per heavy atom. The zero-order chi connectivity index (χ0) is 12.8. The summed E-state index contributed by atoms with van der Waals surface area (Å²) in [6.07, 6.45) is 2.75. The van der Waals surface area contributed by atoms with E-state index >= 15 is 0 Å². The maximum atomic E-state index is 11.9. The van der Waals surface area contributed by atoms with Gasteiger partial charge in [0.15, 0.2) is 5.82 Å². The molecule has 6 heteroatoms. The number of carbonyl (C=O) groups is 1. The molecule has 3 N–H and O–H groups in total. The number of nitrogens with one attached hydrogen (secondary N) is 1. The van der Waals surface area contributed by atoms with E-state index in [1.165, 1.54) is 0 Å². The van der Waals surface area contributed by atoms with Crippen molar-refractivity contribution in [3.8, 4) is 0 Å². The summed E-state index contributed by atoms with van der Waals surface area (Å²) in [6, 6.07) is -0.417. The van der Waals surface area contributed by atoms with Crippen molar-refractivity contribution in [2.24, 2.45) is 5.73 Å². The highest BCUT2D eigenvalue weighted by atomic mass is 16.2. The lowest BCUT2D eigenvalue weighted by Crippen LogP contribution is -2.41. The molecule has 0 radical (unpaired) electrons. The predicted molar refractivity (Wildman–Crippen MR) is 65.1 cm³/mol. The van der Waals surface area contributed by atoms with Gasteiger partial charge >= 0.3 is 0 Å². The first-order chi connectivity index (χ1) is 8.04. The Hall–Kier alpha value is -1.43. The molecule has 17 heavy (non-hydrogen) atoms. The molecule has 6 nitrogen and oxygen atoms in total. The second-order valence-electron chi connectivity index (χ2n) is 4.28. The molecule has 0 saturated carbocycles. The number of aromatic amines is 1. The number of hydrogen-bond acceptors (Lipinski definition) is 4. The molecule has 1 rings (SSSR count). The second kappa shape index (κ2) is 6.34. The molecule has 1 aromatic heterocycles. The topological polar surface area (TPSA) is 87.9 Å². The SMILES string of the molecule is CCCC[C@H](N)C(=O)N(C)Cc1n[nH]c(C)n1. The number of unbranched alkanes of at least 4 members (excludes halogenated alkanes) is 1. The molecule has 1 amide bonds. The molecular weight excluding hydrogens is 218 g/mol. The van der Waals surface area contributed by atoms with Crippen LogP contribution in [0.2, 0.25) is 0 Å². The molecule has 0 bridgehead atoms. The van der Waals surface area contributed by atoms with Crippen LogP contribution < -0.4 is 5.73 Å². The summed E-state index contributed by atoms with van der Waals surface area (Å²) in [5.74, 6) is 1.30. The van der Waals surface area contributed by atoms with Gasteiger partial charge < -0.3 is 10.6 Å². The number of likely N-dealkylation sites (N-methyl/N-ethyl adjacent to an activating group) is 1. The molecule has 0 saturated heterocycles. The van der Waals surface area contributed by atoms with E-state index in [0.717, 1.165) is 25.1 Å². The Labute approximate surface area is 102 Å². The van der Waals surface area contributed by atoms with Crippen molar-refractivity contribution in [3.05, 3.63) is 11.6 Å². The van der Waals surface area contributed by atoms with Gasteiger partial charge in [0.05, 0.1) is 12.6 Å². The van der Waals surface area contributed by atoms with Crippen molar-refractivity contribution < 1.29 is 4.79 Å².